The van der Waals surface area contributed by atoms with Crippen LogP contribution in [0.4, 0.5) is 0 Å². The molecule has 6 nitrogen and oxygen atoms in total. The van der Waals surface area contributed by atoms with E-state index < -0.39 is 5.54 Å². The van der Waals surface area contributed by atoms with Gasteiger partial charge in [0.25, 0.3) is 0 Å². The lowest BCUT2D eigenvalue weighted by molar-refractivity contribution is 0.331. The van der Waals surface area contributed by atoms with Crippen molar-refractivity contribution in [2.45, 2.75) is 44.3 Å². The normalized spacial score (nSPS) is 16.6. The van der Waals surface area contributed by atoms with E-state index in [4.69, 9.17) is 24.4 Å². The highest BCUT2D eigenvalue weighted by molar-refractivity contribution is 5.94. The first kappa shape index (κ1) is 30.1. The van der Waals surface area contributed by atoms with E-state index in [1.54, 1.807) is 14.2 Å². The van der Waals surface area contributed by atoms with Crippen LogP contribution < -0.4 is 0 Å². The van der Waals surface area contributed by atoms with Gasteiger partial charge in [0, 0.05) is 11.8 Å². The van der Waals surface area contributed by atoms with Crippen LogP contribution in [0.5, 0.6) is 0 Å². The van der Waals surface area contributed by atoms with Crippen LogP contribution in [-0.4, -0.2) is 47.6 Å². The summed E-state index contributed by atoms with van der Waals surface area (Å²) in [6.07, 6.45) is 5.67. The summed E-state index contributed by atoms with van der Waals surface area (Å²) in [5.41, 5.74) is 6.08. The molecule has 0 spiro atoms. The number of methoxy groups -OCH3 is 2. The highest BCUT2D eigenvalue weighted by Crippen LogP contribution is 2.41. The Morgan fingerprint density at radius 1 is 0.689 bits per heavy atom. The van der Waals surface area contributed by atoms with Gasteiger partial charge in [0.1, 0.15) is 17.6 Å². The zero-order valence-corrected chi connectivity index (χ0v) is 26.4. The van der Waals surface area contributed by atoms with E-state index in [1.807, 2.05) is 6.33 Å². The van der Waals surface area contributed by atoms with Gasteiger partial charge in [-0.1, -0.05) is 129 Å². The predicted molar refractivity (Wildman–Crippen MR) is 182 cm³/mol. The number of hydrogen-bond donors (Lipinski definition) is 0. The number of aryl methyl sites for hydroxylation is 1. The van der Waals surface area contributed by atoms with Crippen molar-refractivity contribution in [1.82, 2.24) is 9.55 Å². The number of hydrogen-bond acceptors (Lipinski definition) is 5. The third kappa shape index (κ3) is 5.80. The second kappa shape index (κ2) is 13.3. The predicted octanol–water partition coefficient (Wildman–Crippen LogP) is 7.82. The number of benzene rings is 4. The van der Waals surface area contributed by atoms with Gasteiger partial charge in [0.05, 0.1) is 26.2 Å². The van der Waals surface area contributed by atoms with Gasteiger partial charge in [0.15, 0.2) is 0 Å². The first-order valence-electron chi connectivity index (χ1n) is 15.6. The van der Waals surface area contributed by atoms with Crippen molar-refractivity contribution in [2.24, 2.45) is 15.9 Å². The van der Waals surface area contributed by atoms with E-state index >= 15 is 0 Å². The highest BCUT2D eigenvalue weighted by atomic mass is 16.5. The molecular formula is C39H40N4O2. The Balaban J connectivity index is 1.39. The average Bonchev–Trinajstić information content (AvgIpc) is 3.59. The van der Waals surface area contributed by atoms with Crippen molar-refractivity contribution in [3.63, 3.8) is 0 Å². The summed E-state index contributed by atoms with van der Waals surface area (Å²) in [5, 5.41) is 0. The lowest BCUT2D eigenvalue weighted by atomic mass is 9.77. The largest absolute Gasteiger partial charge is 0.483 e. The molecule has 5 aromatic rings. The molecule has 4 aromatic carbocycles. The molecular weight excluding hydrogens is 556 g/mol. The van der Waals surface area contributed by atoms with Crippen LogP contribution in [0.15, 0.2) is 138 Å². The number of aromatic nitrogens is 2. The molecule has 2 atom stereocenters. The molecule has 0 unspecified atom stereocenters. The van der Waals surface area contributed by atoms with E-state index in [0.717, 1.165) is 40.8 Å². The smallest absolute Gasteiger partial charge is 0.209 e. The molecule has 228 valence electrons. The molecule has 6 heteroatoms. The maximum Gasteiger partial charge on any atom is 0.209 e. The number of imidazole rings is 1. The molecule has 0 fully saturated rings. The van der Waals surface area contributed by atoms with Gasteiger partial charge in [-0.25, -0.2) is 15.0 Å². The van der Waals surface area contributed by atoms with Crippen LogP contribution >= 0.6 is 0 Å². The number of nitrogens with zero attached hydrogens (tertiary/aromatic N) is 4. The second-order valence-corrected chi connectivity index (χ2v) is 11.7. The Labute approximate surface area is 266 Å². The van der Waals surface area contributed by atoms with E-state index in [-0.39, 0.29) is 18.0 Å². The first-order valence-corrected chi connectivity index (χ1v) is 15.6. The number of ether oxygens (including phenoxy) is 2. The summed E-state index contributed by atoms with van der Waals surface area (Å²) in [5.74, 6) is 1.59. The van der Waals surface area contributed by atoms with Gasteiger partial charge in [-0.3, -0.25) is 0 Å². The topological polar surface area (TPSA) is 61.0 Å². The highest BCUT2D eigenvalue weighted by Gasteiger charge is 2.38. The number of aliphatic imine (C=N–C) groups is 2. The standard InChI is InChI=1S/C39H40N4O2/c1-28(2)36-38(45-4)41-34(37(42-36)44-3)25-24-29-16-14-15-23-33(29)35-26-43(27-40-35)39(30-17-8-5-9-18-30,31-19-10-6-11-20-31)32-21-12-7-13-22-32/h5-23,26-28,34,36H,24-25H2,1-4H3/t34-,36-/m1/s1. The molecule has 6 rings (SSSR count). The van der Waals surface area contributed by atoms with E-state index in [2.05, 4.69) is 140 Å². The minimum Gasteiger partial charge on any atom is -0.483 e. The Hall–Kier alpha value is -4.97. The van der Waals surface area contributed by atoms with Gasteiger partial charge in [0.2, 0.25) is 11.8 Å². The van der Waals surface area contributed by atoms with Gasteiger partial charge in [-0.2, -0.15) is 0 Å². The molecule has 0 aliphatic carbocycles. The van der Waals surface area contributed by atoms with Gasteiger partial charge >= 0.3 is 0 Å². The van der Waals surface area contributed by atoms with Crippen molar-refractivity contribution >= 4 is 11.8 Å². The van der Waals surface area contributed by atoms with Crippen molar-refractivity contribution in [2.75, 3.05) is 14.2 Å². The van der Waals surface area contributed by atoms with Crippen molar-refractivity contribution in [3.05, 3.63) is 150 Å². The monoisotopic (exact) mass is 596 g/mol. The molecule has 45 heavy (non-hydrogen) atoms. The minimum absolute atomic E-state index is 0.128. The molecule has 2 heterocycles. The Bertz CT molecular complexity index is 1660. The van der Waals surface area contributed by atoms with Crippen LogP contribution in [0.3, 0.4) is 0 Å². The molecule has 1 aromatic heterocycles. The summed E-state index contributed by atoms with van der Waals surface area (Å²) in [4.78, 5) is 14.8. The van der Waals surface area contributed by atoms with Crippen molar-refractivity contribution < 1.29 is 9.47 Å². The quantitative estimate of drug-likeness (QED) is 0.163. The van der Waals surface area contributed by atoms with Gasteiger partial charge in [-0.15, -0.1) is 0 Å². The van der Waals surface area contributed by atoms with Gasteiger partial charge in [-0.05, 0) is 41.0 Å². The molecule has 0 N–H and O–H groups in total. The molecule has 0 bridgehead atoms. The van der Waals surface area contributed by atoms with Crippen LogP contribution in [0.2, 0.25) is 0 Å². The van der Waals surface area contributed by atoms with Crippen LogP contribution in [0.1, 0.15) is 42.5 Å². The third-order valence-electron chi connectivity index (χ3n) is 8.66. The first-order chi connectivity index (χ1) is 22.1. The van der Waals surface area contributed by atoms with Crippen LogP contribution in [-0.2, 0) is 21.4 Å². The maximum atomic E-state index is 5.72. The summed E-state index contributed by atoms with van der Waals surface area (Å²) in [6.45, 7) is 4.24. The summed E-state index contributed by atoms with van der Waals surface area (Å²) in [7, 11) is 3.35. The van der Waals surface area contributed by atoms with E-state index in [1.165, 1.54) is 5.56 Å². The molecule has 1 aliphatic rings. The van der Waals surface area contributed by atoms with Crippen LogP contribution in [0, 0.1) is 5.92 Å². The molecule has 0 saturated carbocycles. The molecule has 0 amide bonds. The average molecular weight is 597 g/mol. The fraction of sp³-hybridized carbons (Fsp3) is 0.256. The summed E-state index contributed by atoms with van der Waals surface area (Å²) < 4.78 is 13.6. The maximum absolute atomic E-state index is 5.72. The fourth-order valence-electron chi connectivity index (χ4n) is 6.46. The third-order valence-corrected chi connectivity index (χ3v) is 8.66. The van der Waals surface area contributed by atoms with E-state index in [0.29, 0.717) is 11.8 Å². The summed E-state index contributed by atoms with van der Waals surface area (Å²) in [6, 6.07) is 40.2. The SMILES string of the molecule is COC1=N[C@H](C(C)C)C(OC)=N[C@@H]1CCc1ccccc1-c1cn(C(c2ccccc2)(c2ccccc2)c2ccccc2)cn1. The van der Waals surface area contributed by atoms with Crippen LogP contribution in [0.25, 0.3) is 11.3 Å². The minimum atomic E-state index is -0.617. The Kier molecular flexibility index (Phi) is 8.92. The summed E-state index contributed by atoms with van der Waals surface area (Å²) >= 11 is 0. The van der Waals surface area contributed by atoms with E-state index in [9.17, 15) is 0 Å². The molecule has 1 aliphatic heterocycles. The lowest BCUT2D eigenvalue weighted by Crippen LogP contribution is -2.37. The Morgan fingerprint density at radius 3 is 1.76 bits per heavy atom. The zero-order chi connectivity index (χ0) is 31.2. The Morgan fingerprint density at radius 2 is 1.22 bits per heavy atom. The lowest BCUT2D eigenvalue weighted by Gasteiger charge is -2.37. The fourth-order valence-corrected chi connectivity index (χ4v) is 6.46. The molecule has 0 saturated heterocycles. The van der Waals surface area contributed by atoms with Crippen molar-refractivity contribution in [1.29, 1.82) is 0 Å². The number of rotatable bonds is 9. The van der Waals surface area contributed by atoms with Gasteiger partial charge < -0.3 is 14.0 Å². The zero-order valence-electron chi connectivity index (χ0n) is 26.4. The second-order valence-electron chi connectivity index (χ2n) is 11.7. The molecule has 0 radical (unpaired) electrons. The van der Waals surface area contributed by atoms with Crippen molar-refractivity contribution in [3.8, 4) is 11.3 Å².